The van der Waals surface area contributed by atoms with E-state index in [-0.39, 0.29) is 17.3 Å². The summed E-state index contributed by atoms with van der Waals surface area (Å²) in [5.41, 5.74) is 1.17. The highest BCUT2D eigenvalue weighted by Gasteiger charge is 2.63. The summed E-state index contributed by atoms with van der Waals surface area (Å²) in [6.07, 6.45) is 0. The number of carboxylic acid groups (broad SMARTS) is 1. The molecule has 1 saturated carbocycles. The van der Waals surface area contributed by atoms with E-state index in [1.54, 1.807) is 11.3 Å². The van der Waals surface area contributed by atoms with Gasteiger partial charge in [-0.1, -0.05) is 13.8 Å². The molecule has 0 saturated heterocycles. The van der Waals surface area contributed by atoms with Gasteiger partial charge in [-0.2, -0.15) is 0 Å². The molecule has 2 unspecified atom stereocenters. The summed E-state index contributed by atoms with van der Waals surface area (Å²) in [6.45, 7) is 8.25. The van der Waals surface area contributed by atoms with Crippen LogP contribution in [0.15, 0.2) is 6.07 Å². The molecule has 1 N–H and O–H groups in total. The lowest BCUT2D eigenvalue weighted by Crippen LogP contribution is -2.03. The predicted molar refractivity (Wildman–Crippen MR) is 61.4 cm³/mol. The molecule has 0 radical (unpaired) electrons. The van der Waals surface area contributed by atoms with Crippen molar-refractivity contribution >= 4 is 17.3 Å². The van der Waals surface area contributed by atoms with E-state index in [9.17, 15) is 4.79 Å². The standard InChI is InChI=1S/C12H16O2S/c1-6-5-8(7(2)15-6)9-10(11(13)14)12(9,3)4/h5,9-10H,1-4H3,(H,13,14). The molecular weight excluding hydrogens is 208 g/mol. The minimum atomic E-state index is -0.659. The molecule has 2 nitrogen and oxygen atoms in total. The lowest BCUT2D eigenvalue weighted by molar-refractivity contribution is -0.139. The van der Waals surface area contributed by atoms with E-state index in [0.29, 0.717) is 0 Å². The second-order valence-corrected chi connectivity index (χ2v) is 6.44. The number of rotatable bonds is 2. The first-order valence-electron chi connectivity index (χ1n) is 5.15. The molecule has 82 valence electrons. The summed E-state index contributed by atoms with van der Waals surface area (Å²) < 4.78 is 0. The van der Waals surface area contributed by atoms with Gasteiger partial charge in [0, 0.05) is 15.7 Å². The van der Waals surface area contributed by atoms with E-state index in [2.05, 4.69) is 19.9 Å². The van der Waals surface area contributed by atoms with Gasteiger partial charge in [0.25, 0.3) is 0 Å². The van der Waals surface area contributed by atoms with E-state index in [0.717, 1.165) is 0 Å². The number of carboxylic acids is 1. The van der Waals surface area contributed by atoms with Crippen LogP contribution in [0.5, 0.6) is 0 Å². The SMILES string of the molecule is Cc1cc(C2C(C(=O)O)C2(C)C)c(C)s1. The van der Waals surface area contributed by atoms with Crippen molar-refractivity contribution < 1.29 is 9.90 Å². The Bertz CT molecular complexity index is 417. The fraction of sp³-hybridized carbons (Fsp3) is 0.583. The molecule has 0 aliphatic heterocycles. The molecule has 2 rings (SSSR count). The maximum atomic E-state index is 11.1. The Kier molecular flexibility index (Phi) is 2.19. The van der Waals surface area contributed by atoms with E-state index in [1.165, 1.54) is 15.3 Å². The molecule has 1 fully saturated rings. The van der Waals surface area contributed by atoms with Crippen molar-refractivity contribution in [3.05, 3.63) is 21.4 Å². The zero-order chi connectivity index (χ0) is 11.4. The van der Waals surface area contributed by atoms with Crippen LogP contribution in [0.4, 0.5) is 0 Å². The van der Waals surface area contributed by atoms with Gasteiger partial charge in [-0.25, -0.2) is 0 Å². The molecule has 1 aliphatic carbocycles. The highest BCUT2D eigenvalue weighted by molar-refractivity contribution is 7.12. The molecule has 0 spiro atoms. The molecule has 1 heterocycles. The van der Waals surface area contributed by atoms with Gasteiger partial charge in [0.05, 0.1) is 5.92 Å². The Morgan fingerprint density at radius 2 is 2.07 bits per heavy atom. The Morgan fingerprint density at radius 1 is 1.47 bits per heavy atom. The highest BCUT2D eigenvalue weighted by Crippen LogP contribution is 2.65. The predicted octanol–water partition coefficient (Wildman–Crippen LogP) is 3.19. The Hall–Kier alpha value is -0.830. The van der Waals surface area contributed by atoms with Gasteiger partial charge < -0.3 is 5.11 Å². The minimum Gasteiger partial charge on any atom is -0.481 e. The first-order chi connectivity index (χ1) is 6.85. The second-order valence-electron chi connectivity index (χ2n) is 4.98. The zero-order valence-electron chi connectivity index (χ0n) is 9.50. The van der Waals surface area contributed by atoms with E-state index >= 15 is 0 Å². The molecule has 0 aromatic carbocycles. The summed E-state index contributed by atoms with van der Waals surface area (Å²) in [4.78, 5) is 13.6. The average molecular weight is 224 g/mol. The van der Waals surface area contributed by atoms with Gasteiger partial charge in [-0.05, 0) is 30.9 Å². The van der Waals surface area contributed by atoms with Crippen LogP contribution in [0.2, 0.25) is 0 Å². The lowest BCUT2D eigenvalue weighted by atomic mass is 10.0. The van der Waals surface area contributed by atoms with Crippen LogP contribution in [-0.4, -0.2) is 11.1 Å². The molecular formula is C12H16O2S. The second kappa shape index (κ2) is 3.08. The third kappa shape index (κ3) is 1.49. The van der Waals surface area contributed by atoms with Crippen molar-refractivity contribution in [2.75, 3.05) is 0 Å². The molecule has 2 atom stereocenters. The minimum absolute atomic E-state index is 0.0793. The molecule has 15 heavy (non-hydrogen) atoms. The van der Waals surface area contributed by atoms with Gasteiger partial charge in [0.2, 0.25) is 0 Å². The van der Waals surface area contributed by atoms with Gasteiger partial charge in [-0.3, -0.25) is 4.79 Å². The number of aryl methyl sites for hydroxylation is 2. The quantitative estimate of drug-likeness (QED) is 0.837. The van der Waals surface area contributed by atoms with Crippen LogP contribution in [0.3, 0.4) is 0 Å². The lowest BCUT2D eigenvalue weighted by Gasteiger charge is -2.00. The van der Waals surface area contributed by atoms with Crippen molar-refractivity contribution in [2.45, 2.75) is 33.6 Å². The summed E-state index contributed by atoms with van der Waals surface area (Å²) in [5, 5.41) is 9.12. The Morgan fingerprint density at radius 3 is 2.40 bits per heavy atom. The average Bonchev–Trinajstić information content (AvgIpc) is 2.48. The first-order valence-corrected chi connectivity index (χ1v) is 5.97. The number of hydrogen-bond donors (Lipinski definition) is 1. The maximum Gasteiger partial charge on any atom is 0.307 e. The normalized spacial score (nSPS) is 27.7. The molecule has 3 heteroatoms. The number of hydrogen-bond acceptors (Lipinski definition) is 2. The number of carbonyl (C=O) groups is 1. The van der Waals surface area contributed by atoms with Crippen LogP contribution in [0.1, 0.15) is 35.1 Å². The van der Waals surface area contributed by atoms with Gasteiger partial charge in [0.15, 0.2) is 0 Å². The maximum absolute atomic E-state index is 11.1. The van der Waals surface area contributed by atoms with Gasteiger partial charge >= 0.3 is 5.97 Å². The highest BCUT2D eigenvalue weighted by atomic mass is 32.1. The van der Waals surface area contributed by atoms with Crippen molar-refractivity contribution in [3.8, 4) is 0 Å². The van der Waals surface area contributed by atoms with Gasteiger partial charge in [0.1, 0.15) is 0 Å². The topological polar surface area (TPSA) is 37.3 Å². The third-order valence-corrected chi connectivity index (χ3v) is 4.49. The monoisotopic (exact) mass is 224 g/mol. The summed E-state index contributed by atoms with van der Waals surface area (Å²) >= 11 is 1.76. The fourth-order valence-corrected chi connectivity index (χ4v) is 3.61. The van der Waals surface area contributed by atoms with Crippen molar-refractivity contribution in [3.63, 3.8) is 0 Å². The van der Waals surface area contributed by atoms with Crippen molar-refractivity contribution in [2.24, 2.45) is 11.3 Å². The van der Waals surface area contributed by atoms with Crippen LogP contribution in [-0.2, 0) is 4.79 Å². The summed E-state index contributed by atoms with van der Waals surface area (Å²) in [6, 6.07) is 2.15. The van der Waals surface area contributed by atoms with Crippen molar-refractivity contribution in [1.82, 2.24) is 0 Å². The van der Waals surface area contributed by atoms with E-state index in [4.69, 9.17) is 5.11 Å². The van der Waals surface area contributed by atoms with Gasteiger partial charge in [-0.15, -0.1) is 11.3 Å². The fourth-order valence-electron chi connectivity index (χ4n) is 2.64. The van der Waals surface area contributed by atoms with E-state index < -0.39 is 5.97 Å². The summed E-state index contributed by atoms with van der Waals surface area (Å²) in [5.74, 6) is -0.654. The third-order valence-electron chi connectivity index (χ3n) is 3.51. The van der Waals surface area contributed by atoms with Crippen molar-refractivity contribution in [1.29, 1.82) is 0 Å². The van der Waals surface area contributed by atoms with Crippen LogP contribution in [0, 0.1) is 25.2 Å². The summed E-state index contributed by atoms with van der Waals surface area (Å²) in [7, 11) is 0. The number of aliphatic carboxylic acids is 1. The molecule has 0 bridgehead atoms. The smallest absolute Gasteiger partial charge is 0.307 e. The molecule has 1 aliphatic rings. The molecule has 1 aromatic heterocycles. The van der Waals surface area contributed by atoms with Crippen LogP contribution >= 0.6 is 11.3 Å². The van der Waals surface area contributed by atoms with E-state index in [1.807, 2.05) is 13.8 Å². The zero-order valence-corrected chi connectivity index (χ0v) is 10.3. The van der Waals surface area contributed by atoms with Crippen LogP contribution < -0.4 is 0 Å². The Balaban J connectivity index is 2.35. The number of thiophene rings is 1. The molecule has 1 aromatic rings. The van der Waals surface area contributed by atoms with Crippen LogP contribution in [0.25, 0.3) is 0 Å². The first kappa shape index (κ1) is 10.7. The molecule has 0 amide bonds. The largest absolute Gasteiger partial charge is 0.481 e. The Labute approximate surface area is 93.9 Å².